The van der Waals surface area contributed by atoms with Crippen molar-refractivity contribution in [2.24, 2.45) is 0 Å². The number of allylic oxidation sites excluding steroid dienone is 1. The Morgan fingerprint density at radius 1 is 1.30 bits per heavy atom. The van der Waals surface area contributed by atoms with Crippen LogP contribution in [0.4, 0.5) is 0 Å². The zero-order valence-electron chi connectivity index (χ0n) is 7.22. The van der Waals surface area contributed by atoms with Crippen LogP contribution in [0.25, 0.3) is 0 Å². The van der Waals surface area contributed by atoms with E-state index in [1.807, 2.05) is 32.9 Å². The highest BCUT2D eigenvalue weighted by molar-refractivity contribution is 4.88. The van der Waals surface area contributed by atoms with Crippen LogP contribution < -0.4 is 0 Å². The molecule has 0 bridgehead atoms. The topological polar surface area (TPSA) is 20.2 Å². The summed E-state index contributed by atoms with van der Waals surface area (Å²) >= 11 is 0. The molecule has 0 fully saturated rings. The van der Waals surface area contributed by atoms with Crippen molar-refractivity contribution in [3.8, 4) is 0 Å². The first-order valence-electron chi connectivity index (χ1n) is 4.02. The van der Waals surface area contributed by atoms with Gasteiger partial charge in [0.05, 0.1) is 5.60 Å². The molecule has 0 aliphatic carbocycles. The zero-order chi connectivity index (χ0) is 8.04. The smallest absolute Gasteiger partial charge is 0.0676 e. The lowest BCUT2D eigenvalue weighted by atomic mass is 9.93. The van der Waals surface area contributed by atoms with E-state index >= 15 is 0 Å². The van der Waals surface area contributed by atoms with Crippen LogP contribution in [0.5, 0.6) is 0 Å². The molecule has 60 valence electrons. The van der Waals surface area contributed by atoms with E-state index in [2.05, 4.69) is 0 Å². The molecular weight excluding hydrogens is 124 g/mol. The summed E-state index contributed by atoms with van der Waals surface area (Å²) in [4.78, 5) is 0. The fourth-order valence-electron chi connectivity index (χ4n) is 0.876. The lowest BCUT2D eigenvalue weighted by Crippen LogP contribution is -2.25. The first-order valence-corrected chi connectivity index (χ1v) is 4.02. The van der Waals surface area contributed by atoms with E-state index in [0.717, 1.165) is 19.3 Å². The van der Waals surface area contributed by atoms with Gasteiger partial charge >= 0.3 is 0 Å². The molecule has 0 aromatic heterocycles. The molecule has 0 saturated heterocycles. The predicted molar refractivity (Wildman–Crippen MR) is 45.0 cm³/mol. The molecule has 10 heavy (non-hydrogen) atoms. The highest BCUT2D eigenvalue weighted by Crippen LogP contribution is 2.19. The van der Waals surface area contributed by atoms with E-state index in [1.165, 1.54) is 0 Å². The molecule has 1 heteroatoms. The van der Waals surface area contributed by atoms with Gasteiger partial charge in [-0.3, -0.25) is 0 Å². The largest absolute Gasteiger partial charge is 0.390 e. The van der Waals surface area contributed by atoms with E-state index in [9.17, 15) is 5.11 Å². The Hall–Kier alpha value is -0.300. The summed E-state index contributed by atoms with van der Waals surface area (Å²) in [5.74, 6) is 0. The fraction of sp³-hybridized carbons (Fsp3) is 0.778. The summed E-state index contributed by atoms with van der Waals surface area (Å²) in [5.41, 5.74) is -0.452. The lowest BCUT2D eigenvalue weighted by Gasteiger charge is -2.22. The average molecular weight is 142 g/mol. The standard InChI is InChI=1S/C9H18O/c1-4-7-8-9(10,5-2)6-3/h4,7,10H,5-6,8H2,1-3H3. The third-order valence-electron chi connectivity index (χ3n) is 2.05. The minimum atomic E-state index is -0.452. The highest BCUT2D eigenvalue weighted by atomic mass is 16.3. The first kappa shape index (κ1) is 9.70. The quantitative estimate of drug-likeness (QED) is 0.598. The summed E-state index contributed by atoms with van der Waals surface area (Å²) in [6, 6.07) is 0. The Bertz CT molecular complexity index is 101. The van der Waals surface area contributed by atoms with Gasteiger partial charge in [0.25, 0.3) is 0 Å². The van der Waals surface area contributed by atoms with Crippen LogP contribution >= 0.6 is 0 Å². The van der Waals surface area contributed by atoms with Crippen molar-refractivity contribution < 1.29 is 5.11 Å². The van der Waals surface area contributed by atoms with Crippen molar-refractivity contribution >= 4 is 0 Å². The molecule has 0 amide bonds. The summed E-state index contributed by atoms with van der Waals surface area (Å²) in [5, 5.41) is 9.71. The second kappa shape index (κ2) is 4.51. The molecule has 0 saturated carbocycles. The third-order valence-corrected chi connectivity index (χ3v) is 2.05. The van der Waals surface area contributed by atoms with E-state index in [0.29, 0.717) is 0 Å². The van der Waals surface area contributed by atoms with Gasteiger partial charge in [0.1, 0.15) is 0 Å². The van der Waals surface area contributed by atoms with Crippen molar-refractivity contribution in [2.45, 2.75) is 45.6 Å². The van der Waals surface area contributed by atoms with Crippen LogP contribution in [-0.4, -0.2) is 10.7 Å². The Morgan fingerprint density at radius 3 is 2.10 bits per heavy atom. The maximum Gasteiger partial charge on any atom is 0.0676 e. The molecule has 0 aromatic rings. The van der Waals surface area contributed by atoms with Gasteiger partial charge < -0.3 is 5.11 Å². The van der Waals surface area contributed by atoms with Gasteiger partial charge in [-0.1, -0.05) is 26.0 Å². The molecule has 1 nitrogen and oxygen atoms in total. The second-order valence-electron chi connectivity index (χ2n) is 2.70. The Kier molecular flexibility index (Phi) is 4.37. The monoisotopic (exact) mass is 142 g/mol. The van der Waals surface area contributed by atoms with Crippen molar-refractivity contribution in [1.82, 2.24) is 0 Å². The maximum absolute atomic E-state index is 9.71. The molecule has 0 atom stereocenters. The Labute approximate surface area is 63.8 Å². The van der Waals surface area contributed by atoms with Crippen molar-refractivity contribution in [1.29, 1.82) is 0 Å². The SMILES string of the molecule is CC=CCC(O)(CC)CC. The molecule has 0 radical (unpaired) electrons. The van der Waals surface area contributed by atoms with E-state index in [1.54, 1.807) is 0 Å². The fourth-order valence-corrected chi connectivity index (χ4v) is 0.876. The van der Waals surface area contributed by atoms with Gasteiger partial charge in [-0.25, -0.2) is 0 Å². The summed E-state index contributed by atoms with van der Waals surface area (Å²) < 4.78 is 0. The Balaban J connectivity index is 3.80. The van der Waals surface area contributed by atoms with Crippen LogP contribution in [-0.2, 0) is 0 Å². The van der Waals surface area contributed by atoms with Crippen LogP contribution in [0.1, 0.15) is 40.0 Å². The maximum atomic E-state index is 9.71. The van der Waals surface area contributed by atoms with Crippen LogP contribution in [0.2, 0.25) is 0 Å². The van der Waals surface area contributed by atoms with E-state index in [-0.39, 0.29) is 0 Å². The minimum absolute atomic E-state index is 0.452. The molecular formula is C9H18O. The third kappa shape index (κ3) is 3.02. The van der Waals surface area contributed by atoms with Crippen LogP contribution in [0.15, 0.2) is 12.2 Å². The molecule has 0 aliphatic heterocycles. The molecule has 1 N–H and O–H groups in total. The van der Waals surface area contributed by atoms with Gasteiger partial charge in [-0.2, -0.15) is 0 Å². The van der Waals surface area contributed by atoms with Gasteiger partial charge in [-0.15, -0.1) is 0 Å². The predicted octanol–water partition coefficient (Wildman–Crippen LogP) is 2.50. The minimum Gasteiger partial charge on any atom is -0.390 e. The van der Waals surface area contributed by atoms with Crippen molar-refractivity contribution in [2.75, 3.05) is 0 Å². The van der Waals surface area contributed by atoms with Crippen LogP contribution in [0.3, 0.4) is 0 Å². The number of hydrogen-bond donors (Lipinski definition) is 1. The molecule has 0 rings (SSSR count). The van der Waals surface area contributed by atoms with Gasteiger partial charge in [-0.05, 0) is 26.2 Å². The normalized spacial score (nSPS) is 12.8. The molecule has 0 aliphatic rings. The summed E-state index contributed by atoms with van der Waals surface area (Å²) in [6.07, 6.45) is 6.47. The van der Waals surface area contributed by atoms with Gasteiger partial charge in [0.15, 0.2) is 0 Å². The Morgan fingerprint density at radius 2 is 1.80 bits per heavy atom. The molecule has 0 heterocycles. The van der Waals surface area contributed by atoms with Gasteiger partial charge in [0.2, 0.25) is 0 Å². The van der Waals surface area contributed by atoms with Crippen LogP contribution in [0, 0.1) is 0 Å². The van der Waals surface area contributed by atoms with Gasteiger partial charge in [0, 0.05) is 0 Å². The van der Waals surface area contributed by atoms with E-state index in [4.69, 9.17) is 0 Å². The molecule has 0 unspecified atom stereocenters. The molecule has 0 aromatic carbocycles. The summed E-state index contributed by atoms with van der Waals surface area (Å²) in [6.45, 7) is 6.02. The second-order valence-corrected chi connectivity index (χ2v) is 2.70. The number of aliphatic hydroxyl groups is 1. The van der Waals surface area contributed by atoms with Crippen molar-refractivity contribution in [3.05, 3.63) is 12.2 Å². The number of rotatable bonds is 4. The highest BCUT2D eigenvalue weighted by Gasteiger charge is 2.19. The number of hydrogen-bond acceptors (Lipinski definition) is 1. The summed E-state index contributed by atoms with van der Waals surface area (Å²) in [7, 11) is 0. The average Bonchev–Trinajstić information content (AvgIpc) is 2.00. The molecule has 0 spiro atoms. The lowest BCUT2D eigenvalue weighted by molar-refractivity contribution is 0.0353. The van der Waals surface area contributed by atoms with Crippen molar-refractivity contribution in [3.63, 3.8) is 0 Å². The first-order chi connectivity index (χ1) is 4.68. The zero-order valence-corrected chi connectivity index (χ0v) is 7.22. The van der Waals surface area contributed by atoms with E-state index < -0.39 is 5.60 Å².